The number of ether oxygens (including phenoxy) is 1. The molecule has 0 aliphatic carbocycles. The zero-order valence-corrected chi connectivity index (χ0v) is 13.4. The standard InChI is InChI=1S/C18H21N3O/c1-4-8-15-12(5-2)17(14(11-19)18(20)21-15)13-9-6-7-10-16(13)22-3/h6-7,9-10H,4-5,8H2,1-3H3,(H2,20,21)/p+1. The molecule has 22 heavy (non-hydrogen) atoms. The van der Waals surface area contributed by atoms with Gasteiger partial charge < -0.3 is 4.74 Å². The van der Waals surface area contributed by atoms with E-state index in [0.717, 1.165) is 47.4 Å². The summed E-state index contributed by atoms with van der Waals surface area (Å²) in [6, 6.07) is 10.00. The molecule has 2 rings (SSSR count). The van der Waals surface area contributed by atoms with E-state index in [1.807, 2.05) is 24.3 Å². The molecule has 0 radical (unpaired) electrons. The molecule has 1 aromatic heterocycles. The van der Waals surface area contributed by atoms with E-state index in [0.29, 0.717) is 11.4 Å². The zero-order valence-electron chi connectivity index (χ0n) is 13.4. The topological polar surface area (TPSA) is 73.2 Å². The molecule has 0 amide bonds. The number of aromatic amines is 1. The van der Waals surface area contributed by atoms with Crippen molar-refractivity contribution in [3.63, 3.8) is 0 Å². The molecule has 0 spiro atoms. The van der Waals surface area contributed by atoms with Gasteiger partial charge in [-0.2, -0.15) is 5.26 Å². The molecule has 4 nitrogen and oxygen atoms in total. The smallest absolute Gasteiger partial charge is 0.289 e. The minimum absolute atomic E-state index is 0.420. The third-order valence-electron chi connectivity index (χ3n) is 3.81. The highest BCUT2D eigenvalue weighted by Crippen LogP contribution is 2.37. The lowest BCUT2D eigenvalue weighted by Gasteiger charge is -2.16. The average molecular weight is 296 g/mol. The van der Waals surface area contributed by atoms with E-state index in [-0.39, 0.29) is 0 Å². The quantitative estimate of drug-likeness (QED) is 0.921. The number of nitrogen functional groups attached to an aromatic ring is 1. The van der Waals surface area contributed by atoms with Crippen molar-refractivity contribution in [2.45, 2.75) is 33.1 Å². The number of nitriles is 1. The van der Waals surface area contributed by atoms with Gasteiger partial charge in [0.05, 0.1) is 7.11 Å². The Morgan fingerprint density at radius 2 is 2.00 bits per heavy atom. The maximum absolute atomic E-state index is 9.57. The first kappa shape index (κ1) is 15.8. The number of hydrogen-bond acceptors (Lipinski definition) is 3. The van der Waals surface area contributed by atoms with Gasteiger partial charge in [0.2, 0.25) is 0 Å². The van der Waals surface area contributed by atoms with Gasteiger partial charge in [0.15, 0.2) is 0 Å². The summed E-state index contributed by atoms with van der Waals surface area (Å²) in [6.45, 7) is 4.23. The summed E-state index contributed by atoms with van der Waals surface area (Å²) in [4.78, 5) is 3.21. The second kappa shape index (κ2) is 6.95. The Labute approximate surface area is 131 Å². The number of aromatic nitrogens is 1. The van der Waals surface area contributed by atoms with E-state index in [1.165, 1.54) is 0 Å². The molecular formula is C18H22N3O+. The van der Waals surface area contributed by atoms with E-state index in [2.05, 4.69) is 24.9 Å². The summed E-state index contributed by atoms with van der Waals surface area (Å²) < 4.78 is 5.48. The largest absolute Gasteiger partial charge is 0.496 e. The van der Waals surface area contributed by atoms with Crippen molar-refractivity contribution in [3.05, 3.63) is 41.1 Å². The van der Waals surface area contributed by atoms with Crippen molar-refractivity contribution < 1.29 is 9.72 Å². The summed E-state index contributed by atoms with van der Waals surface area (Å²) in [6.07, 6.45) is 2.75. The van der Waals surface area contributed by atoms with Crippen LogP contribution in [0.2, 0.25) is 0 Å². The van der Waals surface area contributed by atoms with Crippen LogP contribution >= 0.6 is 0 Å². The van der Waals surface area contributed by atoms with E-state index in [4.69, 9.17) is 10.5 Å². The molecule has 0 bridgehead atoms. The number of para-hydroxylation sites is 1. The summed E-state index contributed by atoms with van der Waals surface area (Å²) in [5, 5.41) is 9.57. The van der Waals surface area contributed by atoms with Crippen molar-refractivity contribution >= 4 is 5.82 Å². The summed E-state index contributed by atoms with van der Waals surface area (Å²) in [5.41, 5.74) is 10.6. The van der Waals surface area contributed by atoms with Gasteiger partial charge in [0.25, 0.3) is 5.82 Å². The van der Waals surface area contributed by atoms with E-state index in [9.17, 15) is 5.26 Å². The minimum Gasteiger partial charge on any atom is -0.496 e. The number of aryl methyl sites for hydroxylation is 1. The molecule has 1 aromatic carbocycles. The van der Waals surface area contributed by atoms with Crippen LogP contribution in [0.5, 0.6) is 5.75 Å². The second-order valence-corrected chi connectivity index (χ2v) is 5.16. The fourth-order valence-corrected chi connectivity index (χ4v) is 2.86. The number of pyridine rings is 1. The number of nitrogens with one attached hydrogen (secondary N) is 1. The molecule has 1 heterocycles. The Hall–Kier alpha value is -2.54. The highest BCUT2D eigenvalue weighted by molar-refractivity contribution is 5.81. The maximum Gasteiger partial charge on any atom is 0.289 e. The maximum atomic E-state index is 9.57. The number of H-pyrrole nitrogens is 1. The SMILES string of the molecule is CCCc1[nH+]c(N)c(C#N)c(-c2ccccc2OC)c1CC. The molecule has 114 valence electrons. The molecule has 2 aromatic rings. The van der Waals surface area contributed by atoms with Crippen LogP contribution in [0, 0.1) is 11.3 Å². The highest BCUT2D eigenvalue weighted by atomic mass is 16.5. The first-order chi connectivity index (χ1) is 10.7. The number of nitrogens with two attached hydrogens (primary N) is 1. The van der Waals surface area contributed by atoms with Crippen LogP contribution in [-0.2, 0) is 12.8 Å². The van der Waals surface area contributed by atoms with Gasteiger partial charge in [-0.05, 0) is 18.9 Å². The monoisotopic (exact) mass is 296 g/mol. The predicted molar refractivity (Wildman–Crippen MR) is 87.5 cm³/mol. The van der Waals surface area contributed by atoms with Crippen molar-refractivity contribution in [3.8, 4) is 22.9 Å². The summed E-state index contributed by atoms with van der Waals surface area (Å²) in [5.74, 6) is 1.17. The van der Waals surface area contributed by atoms with Gasteiger partial charge in [-0.25, -0.2) is 4.98 Å². The number of benzene rings is 1. The van der Waals surface area contributed by atoms with Crippen LogP contribution in [0.15, 0.2) is 24.3 Å². The van der Waals surface area contributed by atoms with Crippen molar-refractivity contribution in [1.29, 1.82) is 5.26 Å². The van der Waals surface area contributed by atoms with Gasteiger partial charge in [0.1, 0.15) is 23.1 Å². The average Bonchev–Trinajstić information content (AvgIpc) is 2.54. The number of methoxy groups -OCH3 is 1. The number of nitrogens with zero attached hydrogens (tertiary/aromatic N) is 1. The fraction of sp³-hybridized carbons (Fsp3) is 0.333. The van der Waals surface area contributed by atoms with Crippen molar-refractivity contribution in [2.75, 3.05) is 12.8 Å². The normalized spacial score (nSPS) is 10.3. The molecule has 0 atom stereocenters. The molecule has 4 heteroatoms. The van der Waals surface area contributed by atoms with E-state index < -0.39 is 0 Å². The van der Waals surface area contributed by atoms with Crippen LogP contribution in [0.4, 0.5) is 5.82 Å². The Bertz CT molecular complexity index is 717. The third kappa shape index (κ3) is 2.75. The van der Waals surface area contributed by atoms with Gasteiger partial charge in [-0.1, -0.05) is 32.0 Å². The molecule has 0 unspecified atom stereocenters. The fourth-order valence-electron chi connectivity index (χ4n) is 2.86. The van der Waals surface area contributed by atoms with Gasteiger partial charge >= 0.3 is 0 Å². The Balaban J connectivity index is 2.85. The number of anilines is 1. The molecule has 0 aliphatic heterocycles. The van der Waals surface area contributed by atoms with Crippen LogP contribution in [-0.4, -0.2) is 7.11 Å². The van der Waals surface area contributed by atoms with Gasteiger partial charge in [-0.3, -0.25) is 5.73 Å². The van der Waals surface area contributed by atoms with Gasteiger partial charge in [-0.15, -0.1) is 0 Å². The van der Waals surface area contributed by atoms with E-state index in [1.54, 1.807) is 7.11 Å². The van der Waals surface area contributed by atoms with Crippen LogP contribution in [0.25, 0.3) is 11.1 Å². The van der Waals surface area contributed by atoms with Crippen LogP contribution in [0.3, 0.4) is 0 Å². The van der Waals surface area contributed by atoms with Crippen LogP contribution in [0.1, 0.15) is 37.1 Å². The lowest BCUT2D eigenvalue weighted by atomic mass is 9.91. The second-order valence-electron chi connectivity index (χ2n) is 5.16. The van der Waals surface area contributed by atoms with Crippen molar-refractivity contribution in [2.24, 2.45) is 0 Å². The molecule has 0 saturated carbocycles. The Kier molecular flexibility index (Phi) is 5.00. The Morgan fingerprint density at radius 1 is 1.27 bits per heavy atom. The first-order valence-electron chi connectivity index (χ1n) is 7.57. The van der Waals surface area contributed by atoms with E-state index >= 15 is 0 Å². The summed E-state index contributed by atoms with van der Waals surface area (Å²) in [7, 11) is 1.64. The van der Waals surface area contributed by atoms with Gasteiger partial charge in [0, 0.05) is 23.1 Å². The Morgan fingerprint density at radius 3 is 2.59 bits per heavy atom. The highest BCUT2D eigenvalue weighted by Gasteiger charge is 2.23. The van der Waals surface area contributed by atoms with Crippen LogP contribution < -0.4 is 15.5 Å². The minimum atomic E-state index is 0.420. The molecule has 3 N–H and O–H groups in total. The third-order valence-corrected chi connectivity index (χ3v) is 3.81. The molecule has 0 aliphatic rings. The first-order valence-corrected chi connectivity index (χ1v) is 7.57. The molecule has 0 saturated heterocycles. The number of hydrogen-bond donors (Lipinski definition) is 1. The molecule has 0 fully saturated rings. The predicted octanol–water partition coefficient (Wildman–Crippen LogP) is 3.15. The molecular weight excluding hydrogens is 274 g/mol. The summed E-state index contributed by atoms with van der Waals surface area (Å²) >= 11 is 0. The van der Waals surface area contributed by atoms with Crippen molar-refractivity contribution in [1.82, 2.24) is 0 Å². The zero-order chi connectivity index (χ0) is 16.1. The number of rotatable bonds is 5. The lowest BCUT2D eigenvalue weighted by molar-refractivity contribution is -0.373. The lowest BCUT2D eigenvalue weighted by Crippen LogP contribution is -2.22.